The Hall–Kier alpha value is -2.95. The van der Waals surface area contributed by atoms with Crippen LogP contribution in [0.5, 0.6) is 5.75 Å². The first-order valence-electron chi connectivity index (χ1n) is 10.4. The molecule has 2 aromatic carbocycles. The van der Waals surface area contributed by atoms with Gasteiger partial charge in [0, 0.05) is 18.7 Å². The fraction of sp³-hybridized carbons (Fsp3) is 0.375. The molecular weight excluding hydrogens is 362 g/mol. The second kappa shape index (κ2) is 8.60. The standard InChI is InChI=1S/C24H27N3O2/c1-17(24(28)27(2)19-8-4-3-5-9-19)29-20-14-12-18(13-15-20)23-16-25-21-10-6-7-11-22(21)26-23/h6-7,10-17,19H,3-5,8-9H2,1-2H3. The summed E-state index contributed by atoms with van der Waals surface area (Å²) in [5.41, 5.74) is 3.53. The monoisotopic (exact) mass is 389 g/mol. The van der Waals surface area contributed by atoms with Gasteiger partial charge in [-0.05, 0) is 56.2 Å². The van der Waals surface area contributed by atoms with E-state index < -0.39 is 6.10 Å². The molecule has 1 saturated carbocycles. The van der Waals surface area contributed by atoms with E-state index in [0.29, 0.717) is 11.8 Å². The summed E-state index contributed by atoms with van der Waals surface area (Å²) >= 11 is 0. The summed E-state index contributed by atoms with van der Waals surface area (Å²) in [5, 5.41) is 0. The molecule has 5 heteroatoms. The van der Waals surface area contributed by atoms with Crippen molar-refractivity contribution < 1.29 is 9.53 Å². The van der Waals surface area contributed by atoms with Gasteiger partial charge in [-0.15, -0.1) is 0 Å². The molecule has 1 unspecified atom stereocenters. The number of likely N-dealkylation sites (N-methyl/N-ethyl adjacent to an activating group) is 1. The second-order valence-electron chi connectivity index (χ2n) is 7.77. The molecule has 0 spiro atoms. The highest BCUT2D eigenvalue weighted by atomic mass is 16.5. The van der Waals surface area contributed by atoms with Crippen LogP contribution < -0.4 is 4.74 Å². The Morgan fingerprint density at radius 3 is 2.45 bits per heavy atom. The lowest BCUT2D eigenvalue weighted by atomic mass is 9.94. The number of para-hydroxylation sites is 2. The molecule has 150 valence electrons. The maximum atomic E-state index is 12.7. The Kier molecular flexibility index (Phi) is 5.74. The Labute approximate surface area is 171 Å². The van der Waals surface area contributed by atoms with Gasteiger partial charge in [-0.1, -0.05) is 31.4 Å². The van der Waals surface area contributed by atoms with Crippen LogP contribution in [-0.4, -0.2) is 40.0 Å². The first-order chi connectivity index (χ1) is 14.1. The van der Waals surface area contributed by atoms with Crippen LogP contribution in [0.1, 0.15) is 39.0 Å². The lowest BCUT2D eigenvalue weighted by Gasteiger charge is -2.32. The summed E-state index contributed by atoms with van der Waals surface area (Å²) in [7, 11) is 1.90. The molecule has 1 fully saturated rings. The van der Waals surface area contributed by atoms with Crippen molar-refractivity contribution in [3.63, 3.8) is 0 Å². The molecule has 0 N–H and O–H groups in total. The molecule has 1 heterocycles. The van der Waals surface area contributed by atoms with E-state index in [1.165, 1.54) is 19.3 Å². The van der Waals surface area contributed by atoms with Gasteiger partial charge >= 0.3 is 0 Å². The largest absolute Gasteiger partial charge is 0.481 e. The summed E-state index contributed by atoms with van der Waals surface area (Å²) in [5.74, 6) is 0.724. The quantitative estimate of drug-likeness (QED) is 0.626. The highest BCUT2D eigenvalue weighted by Gasteiger charge is 2.26. The number of carbonyl (C=O) groups excluding carboxylic acids is 1. The fourth-order valence-electron chi connectivity index (χ4n) is 3.99. The number of aromatic nitrogens is 2. The first-order valence-corrected chi connectivity index (χ1v) is 10.4. The first kappa shape index (κ1) is 19.4. The molecule has 1 aliphatic carbocycles. The van der Waals surface area contributed by atoms with E-state index in [4.69, 9.17) is 4.74 Å². The van der Waals surface area contributed by atoms with Gasteiger partial charge in [-0.3, -0.25) is 9.78 Å². The number of nitrogens with zero attached hydrogens (tertiary/aromatic N) is 3. The van der Waals surface area contributed by atoms with Gasteiger partial charge in [0.15, 0.2) is 6.10 Å². The van der Waals surface area contributed by atoms with E-state index >= 15 is 0 Å². The Balaban J connectivity index is 1.42. The molecule has 1 aromatic heterocycles. The predicted octanol–water partition coefficient (Wildman–Crippen LogP) is 4.86. The zero-order chi connectivity index (χ0) is 20.2. The van der Waals surface area contributed by atoms with Crippen LogP contribution in [0.25, 0.3) is 22.3 Å². The number of rotatable bonds is 5. The Bertz CT molecular complexity index is 981. The molecule has 4 rings (SSSR count). The summed E-state index contributed by atoms with van der Waals surface area (Å²) in [6.45, 7) is 1.82. The van der Waals surface area contributed by atoms with Gasteiger partial charge in [-0.25, -0.2) is 4.98 Å². The van der Waals surface area contributed by atoms with Gasteiger partial charge < -0.3 is 9.64 Å². The summed E-state index contributed by atoms with van der Waals surface area (Å²) in [4.78, 5) is 23.8. The van der Waals surface area contributed by atoms with Crippen molar-refractivity contribution in [2.45, 2.75) is 51.2 Å². The average molecular weight is 389 g/mol. The molecule has 5 nitrogen and oxygen atoms in total. The third-order valence-electron chi connectivity index (χ3n) is 5.73. The highest BCUT2D eigenvalue weighted by Crippen LogP contribution is 2.25. The van der Waals surface area contributed by atoms with E-state index in [9.17, 15) is 4.79 Å². The average Bonchev–Trinajstić information content (AvgIpc) is 2.79. The number of hydrogen-bond donors (Lipinski definition) is 0. The van der Waals surface area contributed by atoms with Crippen LogP contribution in [0.3, 0.4) is 0 Å². The SMILES string of the molecule is CC(Oc1ccc(-c2cnc3ccccc3n2)cc1)C(=O)N(C)C1CCCCC1. The smallest absolute Gasteiger partial charge is 0.263 e. The lowest BCUT2D eigenvalue weighted by Crippen LogP contribution is -2.44. The van der Waals surface area contributed by atoms with Crippen LogP contribution in [0, 0.1) is 0 Å². The van der Waals surface area contributed by atoms with Crippen molar-refractivity contribution in [2.75, 3.05) is 7.05 Å². The molecule has 0 bridgehead atoms. The van der Waals surface area contributed by atoms with Gasteiger partial charge in [-0.2, -0.15) is 0 Å². The van der Waals surface area contributed by atoms with Gasteiger partial charge in [0.1, 0.15) is 5.75 Å². The van der Waals surface area contributed by atoms with Crippen LogP contribution in [0.4, 0.5) is 0 Å². The fourth-order valence-corrected chi connectivity index (χ4v) is 3.99. The summed E-state index contributed by atoms with van der Waals surface area (Å²) < 4.78 is 5.92. The molecule has 3 aromatic rings. The van der Waals surface area contributed by atoms with Crippen LogP contribution >= 0.6 is 0 Å². The molecule has 1 amide bonds. The minimum Gasteiger partial charge on any atom is -0.481 e. The number of amides is 1. The van der Waals surface area contributed by atoms with Gasteiger partial charge in [0.2, 0.25) is 0 Å². The number of carbonyl (C=O) groups is 1. The lowest BCUT2D eigenvalue weighted by molar-refractivity contribution is -0.139. The summed E-state index contributed by atoms with van der Waals surface area (Å²) in [6.07, 6.45) is 7.15. The predicted molar refractivity (Wildman–Crippen MR) is 115 cm³/mol. The van der Waals surface area contributed by atoms with Crippen LogP contribution in [0.2, 0.25) is 0 Å². The Morgan fingerprint density at radius 2 is 1.72 bits per heavy atom. The van der Waals surface area contributed by atoms with E-state index in [1.807, 2.05) is 67.4 Å². The topological polar surface area (TPSA) is 55.3 Å². The van der Waals surface area contributed by atoms with E-state index in [0.717, 1.165) is 35.1 Å². The van der Waals surface area contributed by atoms with Crippen molar-refractivity contribution in [1.82, 2.24) is 14.9 Å². The van der Waals surface area contributed by atoms with Crippen molar-refractivity contribution in [3.8, 4) is 17.0 Å². The summed E-state index contributed by atoms with van der Waals surface area (Å²) in [6, 6.07) is 15.8. The molecule has 29 heavy (non-hydrogen) atoms. The maximum absolute atomic E-state index is 12.7. The molecule has 0 saturated heterocycles. The van der Waals surface area contributed by atoms with E-state index in [1.54, 1.807) is 6.20 Å². The minimum atomic E-state index is -0.506. The number of fused-ring (bicyclic) bond motifs is 1. The number of ether oxygens (including phenoxy) is 1. The maximum Gasteiger partial charge on any atom is 0.263 e. The zero-order valence-electron chi connectivity index (χ0n) is 17.0. The normalized spacial score (nSPS) is 15.8. The van der Waals surface area contributed by atoms with Crippen molar-refractivity contribution in [1.29, 1.82) is 0 Å². The highest BCUT2D eigenvalue weighted by molar-refractivity contribution is 5.81. The van der Waals surface area contributed by atoms with Gasteiger partial charge in [0.25, 0.3) is 5.91 Å². The third kappa shape index (κ3) is 4.39. The molecule has 1 aliphatic rings. The molecule has 0 radical (unpaired) electrons. The second-order valence-corrected chi connectivity index (χ2v) is 7.77. The van der Waals surface area contributed by atoms with Crippen LogP contribution in [-0.2, 0) is 4.79 Å². The van der Waals surface area contributed by atoms with Crippen molar-refractivity contribution in [3.05, 3.63) is 54.7 Å². The molecule has 0 aliphatic heterocycles. The van der Waals surface area contributed by atoms with Crippen molar-refractivity contribution in [2.24, 2.45) is 0 Å². The van der Waals surface area contributed by atoms with Gasteiger partial charge in [0.05, 0.1) is 22.9 Å². The van der Waals surface area contributed by atoms with E-state index in [2.05, 4.69) is 9.97 Å². The Morgan fingerprint density at radius 1 is 1.03 bits per heavy atom. The number of benzene rings is 2. The third-order valence-corrected chi connectivity index (χ3v) is 5.73. The van der Waals surface area contributed by atoms with Crippen LogP contribution in [0.15, 0.2) is 54.7 Å². The zero-order valence-corrected chi connectivity index (χ0v) is 17.0. The molecule has 1 atom stereocenters. The molecular formula is C24H27N3O2. The van der Waals surface area contributed by atoms with E-state index in [-0.39, 0.29) is 5.91 Å². The number of hydrogen-bond acceptors (Lipinski definition) is 4. The minimum absolute atomic E-state index is 0.0429. The van der Waals surface area contributed by atoms with Crippen molar-refractivity contribution >= 4 is 16.9 Å².